The van der Waals surface area contributed by atoms with Crippen molar-refractivity contribution < 1.29 is 8.42 Å². The summed E-state index contributed by atoms with van der Waals surface area (Å²) in [6.07, 6.45) is 2.21. The lowest BCUT2D eigenvalue weighted by Crippen LogP contribution is -2.54. The number of nitrogens with two attached hydrogens (primary N) is 1. The molecule has 116 valence electrons. The molecule has 1 unspecified atom stereocenters. The van der Waals surface area contributed by atoms with E-state index in [1.165, 1.54) is 15.2 Å². The summed E-state index contributed by atoms with van der Waals surface area (Å²) in [5.41, 5.74) is 5.85. The average Bonchev–Trinajstić information content (AvgIpc) is 2.81. The summed E-state index contributed by atoms with van der Waals surface area (Å²) in [4.78, 5) is 0. The van der Waals surface area contributed by atoms with Crippen molar-refractivity contribution in [1.82, 2.24) is 14.1 Å². The summed E-state index contributed by atoms with van der Waals surface area (Å²) >= 11 is 0. The van der Waals surface area contributed by atoms with Gasteiger partial charge in [-0.3, -0.25) is 4.68 Å². The minimum Gasteiger partial charge on any atom is -0.327 e. The van der Waals surface area contributed by atoms with Crippen molar-refractivity contribution in [2.45, 2.75) is 44.8 Å². The Morgan fingerprint density at radius 2 is 2.15 bits per heavy atom. The van der Waals surface area contributed by atoms with Crippen molar-refractivity contribution in [3.63, 3.8) is 0 Å². The molecule has 0 aromatic carbocycles. The zero-order valence-corrected chi connectivity index (χ0v) is 13.7. The van der Waals surface area contributed by atoms with Gasteiger partial charge >= 0.3 is 0 Å². The van der Waals surface area contributed by atoms with Gasteiger partial charge in [-0.1, -0.05) is 13.8 Å². The van der Waals surface area contributed by atoms with Crippen LogP contribution in [-0.2, 0) is 16.6 Å². The van der Waals surface area contributed by atoms with Crippen LogP contribution in [0.15, 0.2) is 17.3 Å². The Labute approximate surface area is 126 Å². The number of halogens is 1. The molecule has 0 radical (unpaired) electrons. The van der Waals surface area contributed by atoms with E-state index in [0.717, 1.165) is 0 Å². The Morgan fingerprint density at radius 3 is 2.70 bits per heavy atom. The summed E-state index contributed by atoms with van der Waals surface area (Å²) < 4.78 is 28.3. The molecule has 8 heteroatoms. The minimum absolute atomic E-state index is 0. The van der Waals surface area contributed by atoms with Crippen molar-refractivity contribution in [2.24, 2.45) is 11.1 Å². The van der Waals surface area contributed by atoms with Crippen molar-refractivity contribution in [3.8, 4) is 0 Å². The van der Waals surface area contributed by atoms with Crippen LogP contribution in [0.3, 0.4) is 0 Å². The maximum absolute atomic E-state index is 12.6. The fourth-order valence-electron chi connectivity index (χ4n) is 2.44. The molecule has 6 nitrogen and oxygen atoms in total. The van der Waals surface area contributed by atoms with Crippen LogP contribution in [0.2, 0.25) is 0 Å². The van der Waals surface area contributed by atoms with E-state index in [-0.39, 0.29) is 28.9 Å². The predicted octanol–water partition coefficient (Wildman–Crippen LogP) is 1.07. The van der Waals surface area contributed by atoms with Gasteiger partial charge in [0, 0.05) is 25.7 Å². The molecule has 1 aliphatic heterocycles. The first-order valence-corrected chi connectivity index (χ1v) is 8.00. The number of piperidine rings is 1. The molecule has 1 saturated heterocycles. The fourth-order valence-corrected chi connectivity index (χ4v) is 4.23. The lowest BCUT2D eigenvalue weighted by Gasteiger charge is -2.41. The topological polar surface area (TPSA) is 81.2 Å². The Kier molecular flexibility index (Phi) is 5.23. The highest BCUT2D eigenvalue weighted by Crippen LogP contribution is 2.31. The van der Waals surface area contributed by atoms with Gasteiger partial charge in [0.25, 0.3) is 10.0 Å². The third kappa shape index (κ3) is 3.00. The third-order valence-electron chi connectivity index (χ3n) is 3.86. The highest BCUT2D eigenvalue weighted by Gasteiger charge is 2.39. The van der Waals surface area contributed by atoms with Gasteiger partial charge in [-0.15, -0.1) is 12.4 Å². The monoisotopic (exact) mass is 322 g/mol. The van der Waals surface area contributed by atoms with E-state index >= 15 is 0 Å². The predicted molar refractivity (Wildman–Crippen MR) is 80.3 cm³/mol. The van der Waals surface area contributed by atoms with Gasteiger partial charge in [-0.25, -0.2) is 8.42 Å². The SMILES string of the molecule is CCn1nccc1S(=O)(=O)N1CCC(N)C(C)(C)C1.Cl. The largest absolute Gasteiger partial charge is 0.327 e. The zero-order chi connectivity index (χ0) is 14.3. The first-order valence-electron chi connectivity index (χ1n) is 6.56. The van der Waals surface area contributed by atoms with E-state index in [4.69, 9.17) is 5.73 Å². The maximum Gasteiger partial charge on any atom is 0.260 e. The Hall–Kier alpha value is -0.630. The summed E-state index contributed by atoms with van der Waals surface area (Å²) in [6, 6.07) is 1.59. The highest BCUT2D eigenvalue weighted by molar-refractivity contribution is 7.89. The molecule has 1 aliphatic rings. The number of sulfonamides is 1. The summed E-state index contributed by atoms with van der Waals surface area (Å²) in [5, 5.41) is 4.30. The van der Waals surface area contributed by atoms with Crippen LogP contribution in [-0.4, -0.2) is 41.6 Å². The summed E-state index contributed by atoms with van der Waals surface area (Å²) in [5.74, 6) is 0. The van der Waals surface area contributed by atoms with E-state index in [1.54, 1.807) is 6.07 Å². The van der Waals surface area contributed by atoms with E-state index < -0.39 is 10.0 Å². The average molecular weight is 323 g/mol. The van der Waals surface area contributed by atoms with Crippen LogP contribution in [0, 0.1) is 5.41 Å². The van der Waals surface area contributed by atoms with Crippen molar-refractivity contribution >= 4 is 22.4 Å². The third-order valence-corrected chi connectivity index (χ3v) is 5.73. The highest BCUT2D eigenvalue weighted by atomic mass is 35.5. The number of rotatable bonds is 3. The molecule has 2 rings (SSSR count). The quantitative estimate of drug-likeness (QED) is 0.902. The number of hydrogen-bond acceptors (Lipinski definition) is 4. The molecule has 2 N–H and O–H groups in total. The Balaban J connectivity index is 0.00000200. The molecule has 0 amide bonds. The second-order valence-corrected chi connectivity index (χ2v) is 7.59. The van der Waals surface area contributed by atoms with Crippen LogP contribution < -0.4 is 5.73 Å². The smallest absolute Gasteiger partial charge is 0.260 e. The Morgan fingerprint density at radius 1 is 1.50 bits per heavy atom. The second kappa shape index (κ2) is 6.01. The summed E-state index contributed by atoms with van der Waals surface area (Å²) in [7, 11) is -3.48. The van der Waals surface area contributed by atoms with E-state index in [1.807, 2.05) is 20.8 Å². The molecule has 0 spiro atoms. The Bertz CT molecular complexity index is 556. The molecule has 0 saturated carbocycles. The van der Waals surface area contributed by atoms with Crippen LogP contribution in [0.1, 0.15) is 27.2 Å². The van der Waals surface area contributed by atoms with Gasteiger partial charge in [0.15, 0.2) is 5.03 Å². The molecule has 2 heterocycles. The number of aromatic nitrogens is 2. The first kappa shape index (κ1) is 17.4. The molecular weight excluding hydrogens is 300 g/mol. The van der Waals surface area contributed by atoms with E-state index in [0.29, 0.717) is 26.1 Å². The summed E-state index contributed by atoms with van der Waals surface area (Å²) in [6.45, 7) is 7.36. The van der Waals surface area contributed by atoms with Gasteiger partial charge in [-0.2, -0.15) is 9.40 Å². The molecular formula is C12H23ClN4O2S. The lowest BCUT2D eigenvalue weighted by molar-refractivity contribution is 0.155. The van der Waals surface area contributed by atoms with Crippen LogP contribution >= 0.6 is 12.4 Å². The van der Waals surface area contributed by atoms with Crippen molar-refractivity contribution in [3.05, 3.63) is 12.3 Å². The lowest BCUT2D eigenvalue weighted by atomic mass is 9.81. The molecule has 1 fully saturated rings. The van der Waals surface area contributed by atoms with Crippen molar-refractivity contribution in [1.29, 1.82) is 0 Å². The van der Waals surface area contributed by atoms with Gasteiger partial charge in [0.1, 0.15) is 0 Å². The molecule has 0 bridgehead atoms. The number of nitrogens with zero attached hydrogens (tertiary/aromatic N) is 3. The van der Waals surface area contributed by atoms with Crippen LogP contribution in [0.4, 0.5) is 0 Å². The van der Waals surface area contributed by atoms with Crippen LogP contribution in [0.5, 0.6) is 0 Å². The van der Waals surface area contributed by atoms with Crippen LogP contribution in [0.25, 0.3) is 0 Å². The van der Waals surface area contributed by atoms with E-state index in [9.17, 15) is 8.42 Å². The van der Waals surface area contributed by atoms with Gasteiger partial charge < -0.3 is 5.73 Å². The van der Waals surface area contributed by atoms with E-state index in [2.05, 4.69) is 5.10 Å². The van der Waals surface area contributed by atoms with Crippen molar-refractivity contribution in [2.75, 3.05) is 13.1 Å². The first-order chi connectivity index (χ1) is 8.79. The maximum atomic E-state index is 12.6. The molecule has 20 heavy (non-hydrogen) atoms. The standard InChI is InChI=1S/C12H22N4O2S.ClH/c1-4-16-11(5-7-14-16)19(17,18)15-8-6-10(13)12(2,3)9-15;/h5,7,10H,4,6,8-9,13H2,1-3H3;1H. The normalized spacial score (nSPS) is 23.3. The van der Waals surface area contributed by atoms with Gasteiger partial charge in [0.2, 0.25) is 0 Å². The van der Waals surface area contributed by atoms with Gasteiger partial charge in [-0.05, 0) is 24.8 Å². The fraction of sp³-hybridized carbons (Fsp3) is 0.750. The molecule has 0 aliphatic carbocycles. The molecule has 1 aromatic rings. The van der Waals surface area contributed by atoms with Gasteiger partial charge in [0.05, 0.1) is 6.20 Å². The minimum atomic E-state index is -3.48. The molecule has 1 atom stereocenters. The molecule has 1 aromatic heterocycles. The second-order valence-electron chi connectivity index (χ2n) is 5.71. The zero-order valence-electron chi connectivity index (χ0n) is 12.1. The number of hydrogen-bond donors (Lipinski definition) is 1. The number of aryl methyl sites for hydroxylation is 1.